The Hall–Kier alpha value is -3.11. The van der Waals surface area contributed by atoms with E-state index in [1.165, 1.54) is 0 Å². The molecule has 0 aliphatic heterocycles. The number of methoxy groups -OCH3 is 1. The molecule has 0 heterocycles. The van der Waals surface area contributed by atoms with Crippen LogP contribution in [0.2, 0.25) is 0 Å². The summed E-state index contributed by atoms with van der Waals surface area (Å²) in [5, 5.41) is 16.2. The zero-order valence-corrected chi connectivity index (χ0v) is 14.8. The normalized spacial score (nSPS) is 10.5. The Labute approximate surface area is 152 Å². The van der Waals surface area contributed by atoms with E-state index < -0.39 is 0 Å². The first-order valence-electron chi connectivity index (χ1n) is 7.48. The maximum atomic E-state index is 8.50. The first kappa shape index (κ1) is 18.2. The zero-order chi connectivity index (χ0) is 18.1. The SMILES string of the molecule is COc1ccccc1NC(=S)N/N=C(/C)c1ccc(OCC#N)cc1. The van der Waals surface area contributed by atoms with Crippen LogP contribution in [-0.2, 0) is 0 Å². The molecule has 2 aromatic rings. The molecule has 7 heteroatoms. The molecule has 2 N–H and O–H groups in total. The van der Waals surface area contributed by atoms with Crippen molar-refractivity contribution in [1.82, 2.24) is 5.43 Å². The van der Waals surface area contributed by atoms with Gasteiger partial charge < -0.3 is 14.8 Å². The fourth-order valence-electron chi connectivity index (χ4n) is 2.01. The van der Waals surface area contributed by atoms with E-state index in [1.807, 2.05) is 49.4 Å². The van der Waals surface area contributed by atoms with E-state index in [-0.39, 0.29) is 6.61 Å². The standard InChI is InChI=1S/C18H18N4O2S/c1-13(14-7-9-15(10-8-14)24-12-11-19)21-22-18(25)20-16-5-3-4-6-17(16)23-2/h3-10H,12H2,1-2H3,(H2,20,22,25)/b21-13-. The number of hydrogen-bond donors (Lipinski definition) is 2. The summed E-state index contributed by atoms with van der Waals surface area (Å²) in [4.78, 5) is 0. The third kappa shape index (κ3) is 5.48. The molecule has 128 valence electrons. The number of benzene rings is 2. The fourth-order valence-corrected chi connectivity index (χ4v) is 2.16. The van der Waals surface area contributed by atoms with Crippen molar-refractivity contribution in [3.05, 3.63) is 54.1 Å². The summed E-state index contributed by atoms with van der Waals surface area (Å²) in [6, 6.07) is 16.7. The van der Waals surface area contributed by atoms with E-state index in [0.717, 1.165) is 17.0 Å². The number of anilines is 1. The molecule has 0 aliphatic rings. The number of nitriles is 1. The third-order valence-corrected chi connectivity index (χ3v) is 3.45. The van der Waals surface area contributed by atoms with E-state index in [9.17, 15) is 0 Å². The molecule has 2 rings (SSSR count). The molecule has 25 heavy (non-hydrogen) atoms. The molecule has 0 atom stereocenters. The van der Waals surface area contributed by atoms with Crippen molar-refractivity contribution in [1.29, 1.82) is 5.26 Å². The van der Waals surface area contributed by atoms with Crippen LogP contribution in [0.1, 0.15) is 12.5 Å². The zero-order valence-electron chi connectivity index (χ0n) is 13.9. The van der Waals surface area contributed by atoms with Gasteiger partial charge in [0.25, 0.3) is 0 Å². The Morgan fingerprint density at radius 3 is 2.60 bits per heavy atom. The van der Waals surface area contributed by atoms with Crippen LogP contribution < -0.4 is 20.2 Å². The molecule has 0 saturated carbocycles. The van der Waals surface area contributed by atoms with Crippen LogP contribution in [0.4, 0.5) is 5.69 Å². The molecule has 0 fully saturated rings. The number of nitrogens with zero attached hydrogens (tertiary/aromatic N) is 2. The Morgan fingerprint density at radius 2 is 1.92 bits per heavy atom. The molecule has 0 saturated heterocycles. The van der Waals surface area contributed by atoms with Gasteiger partial charge in [0.1, 0.15) is 17.6 Å². The van der Waals surface area contributed by atoms with Gasteiger partial charge in [0.2, 0.25) is 0 Å². The number of para-hydroxylation sites is 2. The quantitative estimate of drug-likeness (QED) is 0.471. The van der Waals surface area contributed by atoms with Gasteiger partial charge in [-0.2, -0.15) is 10.4 Å². The minimum absolute atomic E-state index is 0.0247. The van der Waals surface area contributed by atoms with E-state index in [0.29, 0.717) is 16.6 Å². The van der Waals surface area contributed by atoms with Gasteiger partial charge in [-0.1, -0.05) is 12.1 Å². The Bertz CT molecular complexity index is 797. The van der Waals surface area contributed by atoms with Gasteiger partial charge in [0.15, 0.2) is 11.7 Å². The summed E-state index contributed by atoms with van der Waals surface area (Å²) in [7, 11) is 1.60. The Morgan fingerprint density at radius 1 is 1.20 bits per heavy atom. The molecular formula is C18H18N4O2S. The summed E-state index contributed by atoms with van der Waals surface area (Å²) in [6.07, 6.45) is 0. The average Bonchev–Trinajstić information content (AvgIpc) is 2.65. The van der Waals surface area contributed by atoms with Gasteiger partial charge in [-0.05, 0) is 61.1 Å². The monoisotopic (exact) mass is 354 g/mol. The summed E-state index contributed by atoms with van der Waals surface area (Å²) >= 11 is 5.25. The highest BCUT2D eigenvalue weighted by Gasteiger charge is 2.04. The predicted molar refractivity (Wildman–Crippen MR) is 102 cm³/mol. The third-order valence-electron chi connectivity index (χ3n) is 3.26. The van der Waals surface area contributed by atoms with E-state index in [2.05, 4.69) is 15.8 Å². The van der Waals surface area contributed by atoms with Crippen molar-refractivity contribution in [2.45, 2.75) is 6.92 Å². The van der Waals surface area contributed by atoms with Crippen LogP contribution in [0.25, 0.3) is 0 Å². The maximum Gasteiger partial charge on any atom is 0.191 e. The molecule has 0 unspecified atom stereocenters. The van der Waals surface area contributed by atoms with Gasteiger partial charge in [0.05, 0.1) is 18.5 Å². The second-order valence-electron chi connectivity index (χ2n) is 4.93. The van der Waals surface area contributed by atoms with Gasteiger partial charge in [-0.15, -0.1) is 0 Å². The van der Waals surface area contributed by atoms with E-state index in [1.54, 1.807) is 19.2 Å². The number of nitrogens with one attached hydrogen (secondary N) is 2. The average molecular weight is 354 g/mol. The number of thiocarbonyl (C=S) groups is 1. The highest BCUT2D eigenvalue weighted by molar-refractivity contribution is 7.80. The van der Waals surface area contributed by atoms with Crippen molar-refractivity contribution < 1.29 is 9.47 Å². The van der Waals surface area contributed by atoms with Crippen molar-refractivity contribution in [3.63, 3.8) is 0 Å². The summed E-state index contributed by atoms with van der Waals surface area (Å²) < 4.78 is 10.5. The number of hydrogen-bond acceptors (Lipinski definition) is 5. The maximum absolute atomic E-state index is 8.50. The molecule has 2 aromatic carbocycles. The highest BCUT2D eigenvalue weighted by atomic mass is 32.1. The predicted octanol–water partition coefficient (Wildman–Crippen LogP) is 3.31. The first-order chi connectivity index (χ1) is 12.1. The lowest BCUT2D eigenvalue weighted by Crippen LogP contribution is -2.25. The lowest BCUT2D eigenvalue weighted by atomic mass is 10.1. The van der Waals surface area contributed by atoms with Crippen molar-refractivity contribution >= 4 is 28.7 Å². The van der Waals surface area contributed by atoms with Crippen LogP contribution in [-0.4, -0.2) is 24.5 Å². The number of rotatable bonds is 6. The summed E-state index contributed by atoms with van der Waals surface area (Å²) in [5.74, 6) is 1.33. The van der Waals surface area contributed by atoms with Crippen LogP contribution >= 0.6 is 12.2 Å². The Kier molecular flexibility index (Phi) is 6.75. The second kappa shape index (κ2) is 9.25. The Balaban J connectivity index is 1.96. The van der Waals surface area contributed by atoms with E-state index in [4.69, 9.17) is 27.0 Å². The number of hydrazone groups is 1. The van der Waals surface area contributed by atoms with Gasteiger partial charge >= 0.3 is 0 Å². The van der Waals surface area contributed by atoms with Gasteiger partial charge in [-0.3, -0.25) is 5.43 Å². The smallest absolute Gasteiger partial charge is 0.191 e. The largest absolute Gasteiger partial charge is 0.495 e. The highest BCUT2D eigenvalue weighted by Crippen LogP contribution is 2.22. The molecule has 0 radical (unpaired) electrons. The minimum atomic E-state index is 0.0247. The topological polar surface area (TPSA) is 78.7 Å². The molecule has 0 bridgehead atoms. The molecular weight excluding hydrogens is 336 g/mol. The molecule has 0 spiro atoms. The number of ether oxygens (including phenoxy) is 2. The first-order valence-corrected chi connectivity index (χ1v) is 7.89. The van der Waals surface area contributed by atoms with Crippen LogP contribution in [0.15, 0.2) is 53.6 Å². The fraction of sp³-hybridized carbons (Fsp3) is 0.167. The minimum Gasteiger partial charge on any atom is -0.495 e. The lowest BCUT2D eigenvalue weighted by Gasteiger charge is -2.11. The summed E-state index contributed by atoms with van der Waals surface area (Å²) in [6.45, 7) is 1.89. The lowest BCUT2D eigenvalue weighted by molar-refractivity contribution is 0.368. The van der Waals surface area contributed by atoms with Crippen molar-refractivity contribution in [3.8, 4) is 17.6 Å². The van der Waals surface area contributed by atoms with Gasteiger partial charge in [0, 0.05) is 0 Å². The van der Waals surface area contributed by atoms with Crippen molar-refractivity contribution in [2.75, 3.05) is 19.0 Å². The molecule has 0 aliphatic carbocycles. The van der Waals surface area contributed by atoms with Crippen LogP contribution in [0.3, 0.4) is 0 Å². The molecule has 0 aromatic heterocycles. The molecule has 0 amide bonds. The van der Waals surface area contributed by atoms with Gasteiger partial charge in [-0.25, -0.2) is 0 Å². The van der Waals surface area contributed by atoms with Crippen LogP contribution in [0.5, 0.6) is 11.5 Å². The molecule has 6 nitrogen and oxygen atoms in total. The van der Waals surface area contributed by atoms with Crippen LogP contribution in [0, 0.1) is 11.3 Å². The second-order valence-corrected chi connectivity index (χ2v) is 5.34. The van der Waals surface area contributed by atoms with Crippen molar-refractivity contribution in [2.24, 2.45) is 5.10 Å². The van der Waals surface area contributed by atoms with E-state index >= 15 is 0 Å². The summed E-state index contributed by atoms with van der Waals surface area (Å²) in [5.41, 5.74) is 5.24.